The molecule has 3 aromatic carbocycles. The molecule has 0 fully saturated rings. The SMILES string of the molecule is COC(=Cc1ccc(CCCc2ccccc2OS(C)(=O)=O)c(OCc2ccccc2)c1)C(=O)O. The van der Waals surface area contributed by atoms with E-state index in [4.69, 9.17) is 13.7 Å². The zero-order valence-electron chi connectivity index (χ0n) is 19.6. The summed E-state index contributed by atoms with van der Waals surface area (Å²) < 4.78 is 39.3. The van der Waals surface area contributed by atoms with Crippen LogP contribution in [0.2, 0.25) is 0 Å². The van der Waals surface area contributed by atoms with Crippen LogP contribution < -0.4 is 8.92 Å². The zero-order valence-corrected chi connectivity index (χ0v) is 20.5. The van der Waals surface area contributed by atoms with Gasteiger partial charge in [-0.05, 0) is 59.7 Å². The Bertz CT molecular complexity index is 1280. The predicted molar refractivity (Wildman–Crippen MR) is 134 cm³/mol. The van der Waals surface area contributed by atoms with Crippen molar-refractivity contribution in [1.29, 1.82) is 0 Å². The van der Waals surface area contributed by atoms with Gasteiger partial charge in [0.1, 0.15) is 18.1 Å². The Kier molecular flexibility index (Phi) is 8.92. The van der Waals surface area contributed by atoms with E-state index >= 15 is 0 Å². The van der Waals surface area contributed by atoms with E-state index in [1.165, 1.54) is 13.2 Å². The zero-order chi connectivity index (χ0) is 25.3. The summed E-state index contributed by atoms with van der Waals surface area (Å²) in [5.74, 6) is -0.353. The number of hydrogen-bond acceptors (Lipinski definition) is 6. The molecule has 0 saturated heterocycles. The number of aryl methyl sites for hydroxylation is 2. The smallest absolute Gasteiger partial charge is 0.371 e. The third kappa shape index (κ3) is 8.19. The first-order chi connectivity index (χ1) is 16.7. The second kappa shape index (κ2) is 12.1. The minimum atomic E-state index is -3.62. The normalized spacial score (nSPS) is 11.7. The molecule has 7 nitrogen and oxygen atoms in total. The maximum Gasteiger partial charge on any atom is 0.371 e. The van der Waals surface area contributed by atoms with Crippen LogP contribution in [0, 0.1) is 0 Å². The van der Waals surface area contributed by atoms with E-state index in [-0.39, 0.29) is 5.76 Å². The van der Waals surface area contributed by atoms with E-state index in [0.717, 1.165) is 29.4 Å². The first-order valence-corrected chi connectivity index (χ1v) is 12.8. The molecule has 1 N–H and O–H groups in total. The minimum absolute atomic E-state index is 0.172. The van der Waals surface area contributed by atoms with Crippen LogP contribution in [-0.4, -0.2) is 32.9 Å². The number of hydrogen-bond donors (Lipinski definition) is 1. The van der Waals surface area contributed by atoms with Gasteiger partial charge in [0.25, 0.3) is 0 Å². The van der Waals surface area contributed by atoms with E-state index in [2.05, 4.69) is 0 Å². The number of carboxylic acids is 1. The second-order valence-electron chi connectivity index (χ2n) is 7.91. The van der Waals surface area contributed by atoms with Crippen molar-refractivity contribution in [3.63, 3.8) is 0 Å². The molecule has 0 saturated carbocycles. The molecule has 3 aromatic rings. The lowest BCUT2D eigenvalue weighted by molar-refractivity contribution is -0.135. The summed E-state index contributed by atoms with van der Waals surface area (Å²) in [6, 6.07) is 22.3. The summed E-state index contributed by atoms with van der Waals surface area (Å²) >= 11 is 0. The fourth-order valence-corrected chi connectivity index (χ4v) is 4.01. The van der Waals surface area contributed by atoms with E-state index in [1.54, 1.807) is 18.2 Å². The Balaban J connectivity index is 1.79. The van der Waals surface area contributed by atoms with E-state index in [0.29, 0.717) is 36.5 Å². The molecule has 35 heavy (non-hydrogen) atoms. The van der Waals surface area contributed by atoms with E-state index in [9.17, 15) is 18.3 Å². The second-order valence-corrected chi connectivity index (χ2v) is 9.48. The third-order valence-electron chi connectivity index (χ3n) is 5.16. The minimum Gasteiger partial charge on any atom is -0.490 e. The highest BCUT2D eigenvalue weighted by molar-refractivity contribution is 7.86. The van der Waals surface area contributed by atoms with Crippen molar-refractivity contribution in [2.45, 2.75) is 25.9 Å². The maximum absolute atomic E-state index is 11.6. The number of rotatable bonds is 12. The van der Waals surface area contributed by atoms with Crippen LogP contribution in [0.25, 0.3) is 6.08 Å². The number of carbonyl (C=O) groups is 1. The van der Waals surface area contributed by atoms with Crippen molar-refractivity contribution < 1.29 is 32.0 Å². The summed E-state index contributed by atoms with van der Waals surface area (Å²) in [5.41, 5.74) is 3.40. The van der Waals surface area contributed by atoms with Gasteiger partial charge < -0.3 is 18.8 Å². The van der Waals surface area contributed by atoms with Gasteiger partial charge >= 0.3 is 16.1 Å². The van der Waals surface area contributed by atoms with Gasteiger partial charge in [-0.3, -0.25) is 0 Å². The molecule has 3 rings (SSSR count). The summed E-state index contributed by atoms with van der Waals surface area (Å²) in [6.45, 7) is 0.363. The molecule has 0 aliphatic carbocycles. The van der Waals surface area contributed by atoms with Gasteiger partial charge in [-0.15, -0.1) is 0 Å². The molecule has 0 amide bonds. The quantitative estimate of drug-likeness (QED) is 0.217. The van der Waals surface area contributed by atoms with Gasteiger partial charge in [-0.25, -0.2) is 4.79 Å². The lowest BCUT2D eigenvalue weighted by Crippen LogP contribution is -2.07. The molecule has 0 unspecified atom stereocenters. The van der Waals surface area contributed by atoms with Crippen LogP contribution in [0.1, 0.15) is 28.7 Å². The summed E-state index contributed by atoms with van der Waals surface area (Å²) in [6.07, 6.45) is 4.46. The first-order valence-electron chi connectivity index (χ1n) is 11.0. The van der Waals surface area contributed by atoms with Gasteiger partial charge in [-0.2, -0.15) is 8.42 Å². The molecule has 0 spiro atoms. The van der Waals surface area contributed by atoms with Crippen molar-refractivity contribution in [3.05, 3.63) is 101 Å². The highest BCUT2D eigenvalue weighted by atomic mass is 32.2. The van der Waals surface area contributed by atoms with Crippen molar-refractivity contribution in [2.24, 2.45) is 0 Å². The third-order valence-corrected chi connectivity index (χ3v) is 5.65. The monoisotopic (exact) mass is 496 g/mol. The fraction of sp³-hybridized carbons (Fsp3) is 0.222. The standard InChI is InChI=1S/C27H28O7S/c1-32-26(27(28)29)18-21-15-16-23(25(17-21)33-19-20-9-4-3-5-10-20)13-8-12-22-11-6-7-14-24(22)34-35(2,30)31/h3-7,9-11,14-18H,8,12-13,19H2,1-2H3,(H,28,29). The first kappa shape index (κ1) is 25.8. The molecule has 0 bridgehead atoms. The number of ether oxygens (including phenoxy) is 2. The Morgan fingerprint density at radius 2 is 1.57 bits per heavy atom. The maximum atomic E-state index is 11.6. The lowest BCUT2D eigenvalue weighted by Gasteiger charge is -2.14. The summed E-state index contributed by atoms with van der Waals surface area (Å²) in [5, 5.41) is 9.26. The topological polar surface area (TPSA) is 99.1 Å². The molecule has 0 aromatic heterocycles. The molecule has 0 radical (unpaired) electrons. The Hall–Kier alpha value is -3.78. The van der Waals surface area contributed by atoms with Crippen LogP contribution in [0.15, 0.2) is 78.6 Å². The average Bonchev–Trinajstić information content (AvgIpc) is 2.82. The number of benzene rings is 3. The van der Waals surface area contributed by atoms with Gasteiger partial charge in [0, 0.05) is 0 Å². The number of carboxylic acid groups (broad SMARTS) is 1. The summed E-state index contributed by atoms with van der Waals surface area (Å²) in [7, 11) is -2.31. The van der Waals surface area contributed by atoms with E-state index in [1.807, 2.05) is 54.6 Å². The molecule has 0 aliphatic heterocycles. The van der Waals surface area contributed by atoms with Crippen molar-refractivity contribution in [1.82, 2.24) is 0 Å². The van der Waals surface area contributed by atoms with Gasteiger partial charge in [0.15, 0.2) is 0 Å². The number of methoxy groups -OCH3 is 1. The number of aliphatic carboxylic acids is 1. The van der Waals surface area contributed by atoms with Crippen LogP contribution >= 0.6 is 0 Å². The van der Waals surface area contributed by atoms with Crippen molar-refractivity contribution >= 4 is 22.2 Å². The molecule has 8 heteroatoms. The highest BCUT2D eigenvalue weighted by Crippen LogP contribution is 2.27. The molecule has 0 aliphatic rings. The van der Waals surface area contributed by atoms with Gasteiger partial charge in [0.2, 0.25) is 5.76 Å². The van der Waals surface area contributed by atoms with Gasteiger partial charge in [-0.1, -0.05) is 60.7 Å². The lowest BCUT2D eigenvalue weighted by atomic mass is 10.0. The molecular weight excluding hydrogens is 468 g/mol. The van der Waals surface area contributed by atoms with Crippen molar-refractivity contribution in [2.75, 3.05) is 13.4 Å². The van der Waals surface area contributed by atoms with E-state index < -0.39 is 16.1 Å². The molecule has 184 valence electrons. The number of para-hydroxylation sites is 1. The molecule has 0 atom stereocenters. The Labute approximate surface area is 205 Å². The van der Waals surface area contributed by atoms with Crippen LogP contribution in [0.4, 0.5) is 0 Å². The van der Waals surface area contributed by atoms with Gasteiger partial charge in [0.05, 0.1) is 13.4 Å². The van der Waals surface area contributed by atoms with Crippen LogP contribution in [-0.2, 0) is 39.1 Å². The highest BCUT2D eigenvalue weighted by Gasteiger charge is 2.12. The molecule has 0 heterocycles. The Morgan fingerprint density at radius 1 is 0.914 bits per heavy atom. The fourth-order valence-electron chi connectivity index (χ4n) is 3.52. The summed E-state index contributed by atoms with van der Waals surface area (Å²) in [4.78, 5) is 11.3. The average molecular weight is 497 g/mol. The van der Waals surface area contributed by atoms with Crippen molar-refractivity contribution in [3.8, 4) is 11.5 Å². The van der Waals surface area contributed by atoms with Crippen LogP contribution in [0.5, 0.6) is 11.5 Å². The largest absolute Gasteiger partial charge is 0.490 e. The Morgan fingerprint density at radius 3 is 2.23 bits per heavy atom. The van der Waals surface area contributed by atoms with Crippen LogP contribution in [0.3, 0.4) is 0 Å². The molecular formula is C27H28O7S. The predicted octanol–water partition coefficient (Wildman–Crippen LogP) is 4.85.